The van der Waals surface area contributed by atoms with Crippen LogP contribution in [0.2, 0.25) is 0 Å². The standard InChI is InChI=1S/C25H28O4/c1-24(2,3)15-8-10-17-19(13-15)23(29)20-14-16(9-11-18(20)22(17)28)25(4,5)12-6-7-21(26)27/h8-11,13-14H,6-7,12H2,1-5H3,(H,26,27). The normalized spacial score (nSPS) is 13.8. The molecule has 0 aromatic heterocycles. The molecular formula is C25H28O4. The van der Waals surface area contributed by atoms with Crippen LogP contribution in [0.25, 0.3) is 0 Å². The summed E-state index contributed by atoms with van der Waals surface area (Å²) in [5.41, 5.74) is 3.37. The Bertz CT molecular complexity index is 1010. The van der Waals surface area contributed by atoms with E-state index in [0.29, 0.717) is 35.1 Å². The predicted molar refractivity (Wildman–Crippen MR) is 113 cm³/mol. The molecule has 0 radical (unpaired) electrons. The number of ketones is 2. The van der Waals surface area contributed by atoms with E-state index in [0.717, 1.165) is 11.1 Å². The number of carbonyl (C=O) groups is 3. The van der Waals surface area contributed by atoms with Crippen molar-refractivity contribution in [2.24, 2.45) is 0 Å². The molecule has 0 saturated carbocycles. The molecular weight excluding hydrogens is 364 g/mol. The van der Waals surface area contributed by atoms with Gasteiger partial charge in [0, 0.05) is 28.7 Å². The molecule has 0 bridgehead atoms. The Morgan fingerprint density at radius 2 is 1.28 bits per heavy atom. The van der Waals surface area contributed by atoms with E-state index in [1.807, 2.05) is 38.1 Å². The van der Waals surface area contributed by atoms with Crippen LogP contribution < -0.4 is 0 Å². The van der Waals surface area contributed by atoms with Crippen LogP contribution in [0.3, 0.4) is 0 Å². The molecule has 2 aromatic rings. The lowest BCUT2D eigenvalue weighted by Crippen LogP contribution is -2.25. The van der Waals surface area contributed by atoms with E-state index < -0.39 is 5.97 Å². The molecule has 1 aliphatic rings. The highest BCUT2D eigenvalue weighted by molar-refractivity contribution is 6.28. The maximum atomic E-state index is 13.3. The van der Waals surface area contributed by atoms with Crippen molar-refractivity contribution in [1.29, 1.82) is 0 Å². The molecule has 1 aliphatic carbocycles. The molecule has 0 atom stereocenters. The van der Waals surface area contributed by atoms with Gasteiger partial charge in [0.2, 0.25) is 0 Å². The first-order valence-corrected chi connectivity index (χ1v) is 10.0. The van der Waals surface area contributed by atoms with Gasteiger partial charge in [0.25, 0.3) is 0 Å². The summed E-state index contributed by atoms with van der Waals surface area (Å²) in [6.07, 6.45) is 1.36. The van der Waals surface area contributed by atoms with E-state index in [4.69, 9.17) is 5.11 Å². The number of carboxylic acid groups (broad SMARTS) is 1. The third kappa shape index (κ3) is 4.02. The molecule has 0 unspecified atom stereocenters. The minimum Gasteiger partial charge on any atom is -0.481 e. The minimum absolute atomic E-state index is 0.118. The van der Waals surface area contributed by atoms with Crippen molar-refractivity contribution in [3.8, 4) is 0 Å². The van der Waals surface area contributed by atoms with Crippen LogP contribution in [-0.2, 0) is 15.6 Å². The summed E-state index contributed by atoms with van der Waals surface area (Å²) in [7, 11) is 0. The van der Waals surface area contributed by atoms with Crippen molar-refractivity contribution in [2.45, 2.75) is 64.7 Å². The number of hydrogen-bond acceptors (Lipinski definition) is 3. The van der Waals surface area contributed by atoms with Crippen molar-refractivity contribution in [1.82, 2.24) is 0 Å². The summed E-state index contributed by atoms with van der Waals surface area (Å²) < 4.78 is 0. The zero-order chi connectivity index (χ0) is 21.6. The van der Waals surface area contributed by atoms with E-state index in [1.54, 1.807) is 12.1 Å². The Balaban J connectivity index is 2.00. The second-order valence-electron chi connectivity index (χ2n) is 9.56. The number of hydrogen-bond donors (Lipinski definition) is 1. The van der Waals surface area contributed by atoms with Crippen molar-refractivity contribution in [3.05, 3.63) is 69.8 Å². The zero-order valence-corrected chi connectivity index (χ0v) is 17.8. The van der Waals surface area contributed by atoms with Crippen molar-refractivity contribution in [3.63, 3.8) is 0 Å². The van der Waals surface area contributed by atoms with E-state index in [2.05, 4.69) is 20.8 Å². The first-order chi connectivity index (χ1) is 13.4. The molecule has 2 aromatic carbocycles. The predicted octanol–water partition coefficient (Wildman–Crippen LogP) is 5.29. The molecule has 29 heavy (non-hydrogen) atoms. The van der Waals surface area contributed by atoms with Crippen molar-refractivity contribution in [2.75, 3.05) is 0 Å². The Labute approximate surface area is 172 Å². The highest BCUT2D eigenvalue weighted by Crippen LogP contribution is 2.35. The molecule has 0 heterocycles. The quantitative estimate of drug-likeness (QED) is 0.640. The Hall–Kier alpha value is -2.75. The topological polar surface area (TPSA) is 71.4 Å². The first-order valence-electron chi connectivity index (χ1n) is 10.0. The molecule has 0 aliphatic heterocycles. The maximum Gasteiger partial charge on any atom is 0.303 e. The fourth-order valence-corrected chi connectivity index (χ4v) is 3.86. The Kier molecular flexibility index (Phi) is 5.24. The highest BCUT2D eigenvalue weighted by Gasteiger charge is 2.32. The van der Waals surface area contributed by atoms with Gasteiger partial charge in [-0.1, -0.05) is 46.8 Å². The van der Waals surface area contributed by atoms with Crippen LogP contribution in [0, 0.1) is 0 Å². The molecule has 152 valence electrons. The fourth-order valence-electron chi connectivity index (χ4n) is 3.86. The summed E-state index contributed by atoms with van der Waals surface area (Å²) in [6.45, 7) is 10.3. The molecule has 1 N–H and O–H groups in total. The molecule has 0 amide bonds. The summed E-state index contributed by atoms with van der Waals surface area (Å²) >= 11 is 0. The lowest BCUT2D eigenvalue weighted by Gasteiger charge is -2.28. The van der Waals surface area contributed by atoms with Gasteiger partial charge in [-0.05, 0) is 59.1 Å². The lowest BCUT2D eigenvalue weighted by molar-refractivity contribution is -0.137. The van der Waals surface area contributed by atoms with Crippen LogP contribution in [-0.4, -0.2) is 22.6 Å². The van der Waals surface area contributed by atoms with E-state index in [9.17, 15) is 14.4 Å². The average molecular weight is 392 g/mol. The second kappa shape index (κ2) is 7.25. The fraction of sp³-hybridized carbons (Fsp3) is 0.400. The summed E-state index contributed by atoms with van der Waals surface area (Å²) in [5.74, 6) is -1.05. The van der Waals surface area contributed by atoms with Crippen LogP contribution in [0.4, 0.5) is 0 Å². The molecule has 0 fully saturated rings. The van der Waals surface area contributed by atoms with Crippen molar-refractivity contribution < 1.29 is 19.5 Å². The van der Waals surface area contributed by atoms with Gasteiger partial charge in [-0.3, -0.25) is 14.4 Å². The number of aliphatic carboxylic acids is 1. The van der Waals surface area contributed by atoms with Crippen LogP contribution in [0.15, 0.2) is 36.4 Å². The minimum atomic E-state index is -0.807. The zero-order valence-electron chi connectivity index (χ0n) is 17.8. The van der Waals surface area contributed by atoms with Gasteiger partial charge in [0.05, 0.1) is 0 Å². The number of carboxylic acids is 1. The van der Waals surface area contributed by atoms with Gasteiger partial charge in [0.1, 0.15) is 0 Å². The Morgan fingerprint density at radius 3 is 1.79 bits per heavy atom. The van der Waals surface area contributed by atoms with Gasteiger partial charge < -0.3 is 5.11 Å². The molecule has 4 heteroatoms. The monoisotopic (exact) mass is 392 g/mol. The Morgan fingerprint density at radius 1 is 0.793 bits per heavy atom. The third-order valence-corrected chi connectivity index (χ3v) is 5.86. The smallest absolute Gasteiger partial charge is 0.303 e. The molecule has 0 spiro atoms. The second-order valence-corrected chi connectivity index (χ2v) is 9.56. The number of rotatable bonds is 5. The number of benzene rings is 2. The molecule has 3 rings (SSSR count). The summed E-state index contributed by atoms with van der Waals surface area (Å²) in [6, 6.07) is 11.0. The summed E-state index contributed by atoms with van der Waals surface area (Å²) in [5, 5.41) is 8.89. The van der Waals surface area contributed by atoms with E-state index in [1.165, 1.54) is 0 Å². The van der Waals surface area contributed by atoms with Gasteiger partial charge in [-0.15, -0.1) is 0 Å². The molecule has 4 nitrogen and oxygen atoms in total. The van der Waals surface area contributed by atoms with Crippen LogP contribution in [0.5, 0.6) is 0 Å². The third-order valence-electron chi connectivity index (χ3n) is 5.86. The number of carbonyl (C=O) groups excluding carboxylic acids is 2. The SMILES string of the molecule is CC(C)(C)c1ccc2c(c1)C(=O)c1cc(C(C)(C)CCCC(=O)O)ccc1C2=O. The highest BCUT2D eigenvalue weighted by atomic mass is 16.4. The lowest BCUT2D eigenvalue weighted by atomic mass is 9.75. The first kappa shape index (κ1) is 21.0. The maximum absolute atomic E-state index is 13.3. The van der Waals surface area contributed by atoms with Crippen molar-refractivity contribution >= 4 is 17.5 Å². The average Bonchev–Trinajstić information content (AvgIpc) is 2.64. The number of fused-ring (bicyclic) bond motifs is 2. The van der Waals surface area contributed by atoms with Gasteiger partial charge in [0.15, 0.2) is 11.6 Å². The van der Waals surface area contributed by atoms with Gasteiger partial charge >= 0.3 is 5.97 Å². The van der Waals surface area contributed by atoms with Gasteiger partial charge in [-0.25, -0.2) is 0 Å². The van der Waals surface area contributed by atoms with Crippen LogP contribution >= 0.6 is 0 Å². The van der Waals surface area contributed by atoms with E-state index >= 15 is 0 Å². The molecule has 0 saturated heterocycles. The van der Waals surface area contributed by atoms with Crippen LogP contribution in [0.1, 0.15) is 96.9 Å². The van der Waals surface area contributed by atoms with E-state index in [-0.39, 0.29) is 28.8 Å². The summed E-state index contributed by atoms with van der Waals surface area (Å²) in [4.78, 5) is 37.1. The largest absolute Gasteiger partial charge is 0.481 e. The van der Waals surface area contributed by atoms with Gasteiger partial charge in [-0.2, -0.15) is 0 Å².